The number of benzene rings is 1. The van der Waals surface area contributed by atoms with Gasteiger partial charge in [0, 0.05) is 33.4 Å². The van der Waals surface area contributed by atoms with E-state index in [0.29, 0.717) is 19.4 Å². The summed E-state index contributed by atoms with van der Waals surface area (Å²) in [4.78, 5) is 36.8. The number of rotatable bonds is 4. The zero-order valence-corrected chi connectivity index (χ0v) is 16.5. The number of hydrogen-bond donors (Lipinski definition) is 1. The van der Waals surface area contributed by atoms with Gasteiger partial charge >= 0.3 is 5.69 Å². The van der Waals surface area contributed by atoms with Crippen molar-refractivity contribution in [3.05, 3.63) is 57.4 Å². The Kier molecular flexibility index (Phi) is 5.52. The third kappa shape index (κ3) is 3.78. The zero-order valence-electron chi connectivity index (χ0n) is 15.7. The molecule has 10 heteroatoms. The number of nitrogens with zero attached hydrogens (tertiary/aromatic N) is 3. The number of nitrogens with one attached hydrogen (secondary N) is 1. The molecule has 1 aromatic carbocycles. The fraction of sp³-hybridized carbons (Fsp3) is 0.389. The second-order valence-corrected chi connectivity index (χ2v) is 8.74. The summed E-state index contributed by atoms with van der Waals surface area (Å²) in [5, 5.41) is 2.55. The average Bonchev–Trinajstić information content (AvgIpc) is 2.71. The Morgan fingerprint density at radius 2 is 1.82 bits per heavy atom. The van der Waals surface area contributed by atoms with E-state index in [1.807, 2.05) is 0 Å². The van der Waals surface area contributed by atoms with Crippen LogP contribution in [0.1, 0.15) is 12.8 Å². The van der Waals surface area contributed by atoms with E-state index in [9.17, 15) is 22.8 Å². The predicted molar refractivity (Wildman–Crippen MR) is 103 cm³/mol. The van der Waals surface area contributed by atoms with Gasteiger partial charge in [-0.3, -0.25) is 14.2 Å². The molecule has 1 aliphatic rings. The van der Waals surface area contributed by atoms with Crippen LogP contribution in [0.5, 0.6) is 0 Å². The van der Waals surface area contributed by atoms with Crippen LogP contribution >= 0.6 is 0 Å². The van der Waals surface area contributed by atoms with Crippen molar-refractivity contribution in [3.63, 3.8) is 0 Å². The first-order chi connectivity index (χ1) is 13.2. The molecule has 1 aromatic heterocycles. The molecule has 3 rings (SSSR count). The monoisotopic (exact) mass is 406 g/mol. The summed E-state index contributed by atoms with van der Waals surface area (Å²) in [5.41, 5.74) is -1.13. The van der Waals surface area contributed by atoms with E-state index in [4.69, 9.17) is 0 Å². The molecule has 0 saturated carbocycles. The summed E-state index contributed by atoms with van der Waals surface area (Å²) in [5.74, 6) is -1.03. The quantitative estimate of drug-likeness (QED) is 0.776. The highest BCUT2D eigenvalue weighted by molar-refractivity contribution is 7.89. The molecule has 1 fully saturated rings. The highest BCUT2D eigenvalue weighted by Gasteiger charge is 2.33. The molecule has 1 saturated heterocycles. The van der Waals surface area contributed by atoms with Crippen LogP contribution < -0.4 is 16.6 Å². The maximum absolute atomic E-state index is 12.8. The summed E-state index contributed by atoms with van der Waals surface area (Å²) in [7, 11) is -0.880. The van der Waals surface area contributed by atoms with Crippen LogP contribution in [0.15, 0.2) is 51.0 Å². The largest absolute Gasteiger partial charge is 0.330 e. The lowest BCUT2D eigenvalue weighted by Crippen LogP contribution is -2.44. The van der Waals surface area contributed by atoms with Gasteiger partial charge in [-0.15, -0.1) is 0 Å². The minimum absolute atomic E-state index is 0.0161. The summed E-state index contributed by atoms with van der Waals surface area (Å²) in [6.45, 7) is 0.373. The zero-order chi connectivity index (χ0) is 20.5. The Morgan fingerprint density at radius 1 is 1.14 bits per heavy atom. The van der Waals surface area contributed by atoms with Crippen LogP contribution in [0.3, 0.4) is 0 Å². The number of carbonyl (C=O) groups excluding carboxylic acids is 1. The molecule has 1 atom stereocenters. The fourth-order valence-electron chi connectivity index (χ4n) is 3.25. The van der Waals surface area contributed by atoms with Crippen molar-refractivity contribution in [2.75, 3.05) is 18.4 Å². The van der Waals surface area contributed by atoms with Crippen molar-refractivity contribution in [1.82, 2.24) is 13.4 Å². The molecule has 1 N–H and O–H groups in total. The lowest BCUT2D eigenvalue weighted by Gasteiger charge is -2.31. The van der Waals surface area contributed by atoms with E-state index in [0.717, 1.165) is 4.57 Å². The third-order valence-corrected chi connectivity index (χ3v) is 6.72. The van der Waals surface area contributed by atoms with Gasteiger partial charge in [0.05, 0.1) is 10.8 Å². The SMILES string of the molecule is Cn1cc(NC(=O)C2CCCN(S(=O)(=O)c3ccccc3)C2)c(=O)n(C)c1=O. The molecule has 2 aromatic rings. The lowest BCUT2D eigenvalue weighted by molar-refractivity contribution is -0.120. The van der Waals surface area contributed by atoms with Gasteiger partial charge < -0.3 is 9.88 Å². The van der Waals surface area contributed by atoms with Crippen LogP contribution in [0.4, 0.5) is 5.69 Å². The van der Waals surface area contributed by atoms with Crippen LogP contribution in [0.25, 0.3) is 0 Å². The number of anilines is 1. The molecule has 0 spiro atoms. The van der Waals surface area contributed by atoms with Gasteiger partial charge in [0.2, 0.25) is 15.9 Å². The molecule has 2 heterocycles. The lowest BCUT2D eigenvalue weighted by atomic mass is 9.99. The van der Waals surface area contributed by atoms with Crippen molar-refractivity contribution < 1.29 is 13.2 Å². The molecular weight excluding hydrogens is 384 g/mol. The number of sulfonamides is 1. The van der Waals surface area contributed by atoms with Crippen molar-refractivity contribution in [1.29, 1.82) is 0 Å². The van der Waals surface area contributed by atoms with Crippen molar-refractivity contribution in [2.45, 2.75) is 17.7 Å². The number of aromatic nitrogens is 2. The molecule has 1 amide bonds. The Morgan fingerprint density at radius 3 is 2.50 bits per heavy atom. The third-order valence-electron chi connectivity index (χ3n) is 4.84. The molecule has 0 bridgehead atoms. The molecule has 0 aliphatic carbocycles. The Bertz CT molecular complexity index is 1110. The van der Waals surface area contributed by atoms with Crippen LogP contribution in [-0.4, -0.2) is 40.9 Å². The van der Waals surface area contributed by atoms with E-state index >= 15 is 0 Å². The predicted octanol–water partition coefficient (Wildman–Crippen LogP) is 0.123. The minimum Gasteiger partial charge on any atom is -0.320 e. The average molecular weight is 406 g/mol. The molecule has 1 unspecified atom stereocenters. The van der Waals surface area contributed by atoms with Crippen molar-refractivity contribution in [2.24, 2.45) is 20.0 Å². The minimum atomic E-state index is -3.69. The van der Waals surface area contributed by atoms with E-state index in [1.54, 1.807) is 18.2 Å². The summed E-state index contributed by atoms with van der Waals surface area (Å²) in [6.07, 6.45) is 2.32. The molecule has 0 radical (unpaired) electrons. The van der Waals surface area contributed by atoms with Crippen molar-refractivity contribution in [3.8, 4) is 0 Å². The highest BCUT2D eigenvalue weighted by atomic mass is 32.2. The van der Waals surface area contributed by atoms with E-state index in [2.05, 4.69) is 5.32 Å². The number of carbonyl (C=O) groups is 1. The second-order valence-electron chi connectivity index (χ2n) is 6.80. The van der Waals surface area contributed by atoms with E-state index in [1.165, 1.54) is 41.3 Å². The summed E-state index contributed by atoms with van der Waals surface area (Å²) < 4.78 is 29.0. The molecule has 150 valence electrons. The second kappa shape index (κ2) is 7.72. The topological polar surface area (TPSA) is 110 Å². The highest BCUT2D eigenvalue weighted by Crippen LogP contribution is 2.24. The van der Waals surface area contributed by atoms with Gasteiger partial charge in [-0.25, -0.2) is 13.2 Å². The van der Waals surface area contributed by atoms with Gasteiger partial charge in [0.15, 0.2) is 0 Å². The number of amides is 1. The van der Waals surface area contributed by atoms with Gasteiger partial charge in [0.1, 0.15) is 5.69 Å². The first kappa shape index (κ1) is 20.0. The van der Waals surface area contributed by atoms with Gasteiger partial charge in [0.25, 0.3) is 5.56 Å². The number of hydrogen-bond acceptors (Lipinski definition) is 5. The van der Waals surface area contributed by atoms with Crippen LogP contribution in [0.2, 0.25) is 0 Å². The summed E-state index contributed by atoms with van der Waals surface area (Å²) >= 11 is 0. The maximum atomic E-state index is 12.8. The van der Waals surface area contributed by atoms with Gasteiger partial charge in [-0.1, -0.05) is 18.2 Å². The molecule has 1 aliphatic heterocycles. The van der Waals surface area contributed by atoms with E-state index in [-0.39, 0.29) is 17.1 Å². The molecule has 28 heavy (non-hydrogen) atoms. The van der Waals surface area contributed by atoms with Crippen LogP contribution in [0, 0.1) is 5.92 Å². The number of piperidine rings is 1. The fourth-order valence-corrected chi connectivity index (χ4v) is 4.79. The standard InChI is InChI=1S/C18H22N4O5S/c1-20-12-15(17(24)21(2)18(20)25)19-16(23)13-7-6-10-22(11-13)28(26,27)14-8-4-3-5-9-14/h3-5,8-9,12-13H,6-7,10-11H2,1-2H3,(H,19,23). The Labute approximate surface area is 162 Å². The Hall–Kier alpha value is -2.72. The number of aryl methyl sites for hydroxylation is 1. The van der Waals surface area contributed by atoms with Gasteiger partial charge in [-0.2, -0.15) is 4.31 Å². The van der Waals surface area contributed by atoms with Gasteiger partial charge in [-0.05, 0) is 25.0 Å². The first-order valence-corrected chi connectivity index (χ1v) is 10.3. The smallest absolute Gasteiger partial charge is 0.320 e. The first-order valence-electron chi connectivity index (χ1n) is 8.84. The normalized spacial score (nSPS) is 18.0. The van der Waals surface area contributed by atoms with Crippen molar-refractivity contribution >= 4 is 21.6 Å². The Balaban J connectivity index is 1.79. The summed E-state index contributed by atoms with van der Waals surface area (Å²) in [6, 6.07) is 8.08. The van der Waals surface area contributed by atoms with Crippen LogP contribution in [-0.2, 0) is 28.9 Å². The molecule has 9 nitrogen and oxygen atoms in total. The molecular formula is C18H22N4O5S. The maximum Gasteiger partial charge on any atom is 0.330 e. The van der Waals surface area contributed by atoms with E-state index < -0.39 is 33.1 Å².